The van der Waals surface area contributed by atoms with E-state index in [9.17, 15) is 5.11 Å². The molecule has 1 aromatic carbocycles. The van der Waals surface area contributed by atoms with Crippen LogP contribution in [-0.2, 0) is 20.8 Å². The van der Waals surface area contributed by atoms with Crippen molar-refractivity contribution >= 4 is 0 Å². The Labute approximate surface area is 137 Å². The van der Waals surface area contributed by atoms with Gasteiger partial charge in [0.2, 0.25) is 0 Å². The average molecular weight is 322 g/mol. The number of hydrogen-bond donors (Lipinski definition) is 1. The minimum atomic E-state index is -0.705. The average Bonchev–Trinajstić information content (AvgIpc) is 2.89. The Morgan fingerprint density at radius 3 is 2.43 bits per heavy atom. The Morgan fingerprint density at radius 1 is 1.09 bits per heavy atom. The predicted molar refractivity (Wildman–Crippen MR) is 87.3 cm³/mol. The summed E-state index contributed by atoms with van der Waals surface area (Å²) in [5.41, 5.74) is 2.08. The van der Waals surface area contributed by atoms with Crippen molar-refractivity contribution in [3.63, 3.8) is 0 Å². The van der Waals surface area contributed by atoms with E-state index >= 15 is 0 Å². The van der Waals surface area contributed by atoms with E-state index in [1.54, 1.807) is 7.11 Å². The second-order valence-corrected chi connectivity index (χ2v) is 5.41. The Balaban J connectivity index is 1.90. The summed E-state index contributed by atoms with van der Waals surface area (Å²) in [6, 6.07) is 7.69. The topological polar surface area (TPSA) is 57.2 Å². The molecule has 1 aromatic rings. The van der Waals surface area contributed by atoms with Gasteiger partial charge in [0, 0.05) is 6.61 Å². The van der Waals surface area contributed by atoms with E-state index < -0.39 is 6.10 Å². The summed E-state index contributed by atoms with van der Waals surface area (Å²) in [4.78, 5) is 0. The molecule has 1 aliphatic carbocycles. The molecule has 128 valence electrons. The number of aliphatic hydroxyl groups is 1. The molecule has 1 N–H and O–H groups in total. The number of aliphatic hydroxyl groups excluding tert-OH is 1. The zero-order valence-electron chi connectivity index (χ0n) is 14.0. The number of hydrogen-bond acceptors (Lipinski definition) is 5. The van der Waals surface area contributed by atoms with Gasteiger partial charge in [0.1, 0.15) is 30.9 Å². The van der Waals surface area contributed by atoms with Crippen molar-refractivity contribution in [2.75, 3.05) is 20.5 Å². The van der Waals surface area contributed by atoms with Crippen LogP contribution in [0.5, 0.6) is 5.75 Å². The zero-order chi connectivity index (χ0) is 16.7. The van der Waals surface area contributed by atoms with Gasteiger partial charge in [0.15, 0.2) is 0 Å². The summed E-state index contributed by atoms with van der Waals surface area (Å²) in [6.07, 6.45) is 1.36. The van der Waals surface area contributed by atoms with Crippen LogP contribution in [0.25, 0.3) is 0 Å². The third-order valence-electron chi connectivity index (χ3n) is 3.94. The first-order chi connectivity index (χ1) is 11.2. The van der Waals surface area contributed by atoms with Crippen molar-refractivity contribution in [2.24, 2.45) is 0 Å². The minimum Gasteiger partial charge on any atom is -0.497 e. The first-order valence-corrected chi connectivity index (χ1v) is 8.02. The Morgan fingerprint density at radius 2 is 1.83 bits per heavy atom. The second kappa shape index (κ2) is 9.03. The lowest BCUT2D eigenvalue weighted by Crippen LogP contribution is -2.35. The van der Waals surface area contributed by atoms with Crippen LogP contribution >= 0.6 is 0 Å². The molecule has 0 saturated heterocycles. The van der Waals surface area contributed by atoms with Crippen molar-refractivity contribution in [1.29, 1.82) is 0 Å². The number of ether oxygens (including phenoxy) is 4. The van der Waals surface area contributed by atoms with E-state index in [1.807, 2.05) is 44.2 Å². The predicted octanol–water partition coefficient (Wildman–Crippen LogP) is 2.67. The van der Waals surface area contributed by atoms with Crippen LogP contribution in [0.2, 0.25) is 0 Å². The zero-order valence-corrected chi connectivity index (χ0v) is 14.0. The fourth-order valence-corrected chi connectivity index (χ4v) is 2.59. The van der Waals surface area contributed by atoms with Gasteiger partial charge in [-0.05, 0) is 36.6 Å². The van der Waals surface area contributed by atoms with Gasteiger partial charge in [-0.25, -0.2) is 0 Å². The molecular formula is C18H26O5. The molecule has 1 aliphatic rings. The monoisotopic (exact) mass is 322 g/mol. The fourth-order valence-electron chi connectivity index (χ4n) is 2.59. The molecule has 0 aromatic heterocycles. The largest absolute Gasteiger partial charge is 0.497 e. The smallest absolute Gasteiger partial charge is 0.147 e. The van der Waals surface area contributed by atoms with Gasteiger partial charge >= 0.3 is 0 Å². The van der Waals surface area contributed by atoms with Crippen molar-refractivity contribution < 1.29 is 24.1 Å². The summed E-state index contributed by atoms with van der Waals surface area (Å²) in [6.45, 7) is 5.15. The summed E-state index contributed by atoms with van der Waals surface area (Å²) < 4.78 is 21.8. The van der Waals surface area contributed by atoms with Crippen molar-refractivity contribution in [1.82, 2.24) is 0 Å². The van der Waals surface area contributed by atoms with Gasteiger partial charge in [0.05, 0.1) is 13.7 Å². The number of rotatable bonds is 9. The molecule has 0 aliphatic heterocycles. The molecule has 0 bridgehead atoms. The molecule has 0 amide bonds. The maximum absolute atomic E-state index is 10.4. The van der Waals surface area contributed by atoms with E-state index in [2.05, 4.69) is 0 Å². The number of benzene rings is 1. The molecule has 5 heteroatoms. The van der Waals surface area contributed by atoms with Crippen LogP contribution in [-0.4, -0.2) is 43.9 Å². The van der Waals surface area contributed by atoms with Gasteiger partial charge in [0.25, 0.3) is 0 Å². The summed E-state index contributed by atoms with van der Waals surface area (Å²) in [5, 5.41) is 10.4. The lowest BCUT2D eigenvalue weighted by molar-refractivity contribution is -0.126. The Bertz CT molecular complexity index is 497. The van der Waals surface area contributed by atoms with Gasteiger partial charge in [-0.1, -0.05) is 25.1 Å². The molecule has 5 nitrogen and oxygen atoms in total. The van der Waals surface area contributed by atoms with Crippen molar-refractivity contribution in [3.8, 4) is 5.75 Å². The number of methoxy groups -OCH3 is 1. The summed E-state index contributed by atoms with van der Waals surface area (Å²) >= 11 is 0. The fraction of sp³-hybridized carbons (Fsp3) is 0.556. The van der Waals surface area contributed by atoms with Crippen LogP contribution in [0.1, 0.15) is 25.8 Å². The molecule has 0 heterocycles. The first-order valence-electron chi connectivity index (χ1n) is 8.02. The highest BCUT2D eigenvalue weighted by molar-refractivity contribution is 5.27. The molecule has 0 radical (unpaired) electrons. The lowest BCUT2D eigenvalue weighted by Gasteiger charge is -2.22. The van der Waals surface area contributed by atoms with E-state index in [0.717, 1.165) is 23.3 Å². The van der Waals surface area contributed by atoms with Gasteiger partial charge in [-0.3, -0.25) is 0 Å². The second-order valence-electron chi connectivity index (χ2n) is 5.41. The van der Waals surface area contributed by atoms with Gasteiger partial charge < -0.3 is 24.1 Å². The highest BCUT2D eigenvalue weighted by atomic mass is 16.7. The third-order valence-corrected chi connectivity index (χ3v) is 3.94. The Hall–Kier alpha value is -1.40. The van der Waals surface area contributed by atoms with Gasteiger partial charge in [-0.2, -0.15) is 0 Å². The maximum atomic E-state index is 10.4. The van der Waals surface area contributed by atoms with E-state index in [0.29, 0.717) is 13.2 Å². The molecule has 2 rings (SSSR count). The third kappa shape index (κ3) is 4.78. The lowest BCUT2D eigenvalue weighted by atomic mass is 10.1. The van der Waals surface area contributed by atoms with Crippen LogP contribution in [0, 0.1) is 0 Å². The Kier molecular flexibility index (Phi) is 7.05. The highest BCUT2D eigenvalue weighted by Crippen LogP contribution is 2.28. The molecule has 3 atom stereocenters. The SMILES string of the molecule is CCOCO[C@H]1C(CC)=C[C@@H](OCc2ccc(OC)cc2)C1O. The highest BCUT2D eigenvalue weighted by Gasteiger charge is 2.36. The van der Waals surface area contributed by atoms with E-state index in [1.165, 1.54) is 0 Å². The van der Waals surface area contributed by atoms with E-state index in [-0.39, 0.29) is 19.0 Å². The normalized spacial score (nSPS) is 23.8. The molecule has 0 spiro atoms. The van der Waals surface area contributed by atoms with Crippen LogP contribution < -0.4 is 4.74 Å². The molecule has 23 heavy (non-hydrogen) atoms. The molecule has 0 fully saturated rings. The van der Waals surface area contributed by atoms with Crippen LogP contribution in [0.15, 0.2) is 35.9 Å². The standard InChI is InChI=1S/C18H26O5/c1-4-14-10-16(17(19)18(14)23-12-21-5-2)22-11-13-6-8-15(20-3)9-7-13/h6-10,16-19H,4-5,11-12H2,1-3H3/t16-,17?,18+/m1/s1. The first kappa shape index (κ1) is 17.9. The minimum absolute atomic E-state index is 0.181. The van der Waals surface area contributed by atoms with Crippen molar-refractivity contribution in [2.45, 2.75) is 45.2 Å². The molecular weight excluding hydrogens is 296 g/mol. The van der Waals surface area contributed by atoms with Crippen LogP contribution in [0.3, 0.4) is 0 Å². The quantitative estimate of drug-likeness (QED) is 0.430. The molecule has 1 unspecified atom stereocenters. The van der Waals surface area contributed by atoms with E-state index in [4.69, 9.17) is 18.9 Å². The maximum Gasteiger partial charge on any atom is 0.147 e. The van der Waals surface area contributed by atoms with Gasteiger partial charge in [-0.15, -0.1) is 0 Å². The van der Waals surface area contributed by atoms with Crippen LogP contribution in [0.4, 0.5) is 0 Å². The van der Waals surface area contributed by atoms with Crippen molar-refractivity contribution in [3.05, 3.63) is 41.5 Å². The molecule has 0 saturated carbocycles. The summed E-state index contributed by atoms with van der Waals surface area (Å²) in [7, 11) is 1.64. The summed E-state index contributed by atoms with van der Waals surface area (Å²) in [5.74, 6) is 0.812.